The van der Waals surface area contributed by atoms with Crippen molar-refractivity contribution in [1.82, 2.24) is 5.32 Å². The lowest BCUT2D eigenvalue weighted by Crippen LogP contribution is -2.45. The first-order valence-electron chi connectivity index (χ1n) is 6.06. The van der Waals surface area contributed by atoms with E-state index in [1.54, 1.807) is 0 Å². The highest BCUT2D eigenvalue weighted by molar-refractivity contribution is 5.78. The Kier molecular flexibility index (Phi) is 6.41. The van der Waals surface area contributed by atoms with Crippen LogP contribution in [0.5, 0.6) is 0 Å². The SMILES string of the molecule is CCC(CC)C(O)CN=C(N)NC(C)(C)C. The van der Waals surface area contributed by atoms with Crippen molar-refractivity contribution in [3.05, 3.63) is 0 Å². The van der Waals surface area contributed by atoms with E-state index in [9.17, 15) is 5.11 Å². The zero-order valence-electron chi connectivity index (χ0n) is 11.2. The van der Waals surface area contributed by atoms with Crippen LogP contribution in [0.1, 0.15) is 47.5 Å². The molecule has 0 fully saturated rings. The summed E-state index contributed by atoms with van der Waals surface area (Å²) in [6, 6.07) is 0. The third-order valence-electron chi connectivity index (χ3n) is 2.54. The van der Waals surface area contributed by atoms with Crippen LogP contribution in [0, 0.1) is 5.92 Å². The van der Waals surface area contributed by atoms with Gasteiger partial charge in [0, 0.05) is 5.54 Å². The van der Waals surface area contributed by atoms with Gasteiger partial charge in [-0.1, -0.05) is 26.7 Å². The van der Waals surface area contributed by atoms with Crippen LogP contribution in [-0.2, 0) is 0 Å². The largest absolute Gasteiger partial charge is 0.391 e. The van der Waals surface area contributed by atoms with Gasteiger partial charge in [-0.25, -0.2) is 0 Å². The first-order valence-corrected chi connectivity index (χ1v) is 6.06. The molecular weight excluding hydrogens is 202 g/mol. The maximum Gasteiger partial charge on any atom is 0.189 e. The summed E-state index contributed by atoms with van der Waals surface area (Å²) in [6.45, 7) is 10.6. The average Bonchev–Trinajstić information content (AvgIpc) is 2.14. The zero-order chi connectivity index (χ0) is 12.8. The monoisotopic (exact) mass is 229 g/mol. The molecule has 1 atom stereocenters. The predicted octanol–water partition coefficient (Wildman–Crippen LogP) is 1.49. The van der Waals surface area contributed by atoms with Crippen molar-refractivity contribution in [1.29, 1.82) is 0 Å². The summed E-state index contributed by atoms with van der Waals surface area (Å²) in [4.78, 5) is 4.16. The Morgan fingerprint density at radius 2 is 1.81 bits per heavy atom. The molecule has 0 radical (unpaired) electrons. The Morgan fingerprint density at radius 3 is 2.19 bits per heavy atom. The van der Waals surface area contributed by atoms with Gasteiger partial charge in [-0.3, -0.25) is 4.99 Å². The normalized spacial score (nSPS) is 15.3. The Balaban J connectivity index is 4.15. The molecule has 0 aliphatic heterocycles. The molecule has 0 aromatic rings. The van der Waals surface area contributed by atoms with E-state index < -0.39 is 6.10 Å². The molecule has 0 amide bonds. The van der Waals surface area contributed by atoms with Gasteiger partial charge < -0.3 is 16.2 Å². The molecule has 0 aromatic heterocycles. The van der Waals surface area contributed by atoms with Gasteiger partial charge in [0.05, 0.1) is 12.6 Å². The molecule has 0 saturated heterocycles. The van der Waals surface area contributed by atoms with Crippen molar-refractivity contribution in [2.45, 2.75) is 59.1 Å². The molecule has 0 rings (SSSR count). The predicted molar refractivity (Wildman–Crippen MR) is 69.5 cm³/mol. The number of aliphatic imine (C=N–C) groups is 1. The number of hydrogen-bond acceptors (Lipinski definition) is 2. The second-order valence-corrected chi connectivity index (χ2v) is 5.24. The number of hydrogen-bond donors (Lipinski definition) is 3. The van der Waals surface area contributed by atoms with Crippen molar-refractivity contribution in [2.75, 3.05) is 6.54 Å². The van der Waals surface area contributed by atoms with Gasteiger partial charge in [0.15, 0.2) is 5.96 Å². The molecule has 0 spiro atoms. The molecule has 1 unspecified atom stereocenters. The fraction of sp³-hybridized carbons (Fsp3) is 0.917. The summed E-state index contributed by atoms with van der Waals surface area (Å²) in [5.41, 5.74) is 5.63. The number of nitrogens with zero attached hydrogens (tertiary/aromatic N) is 1. The fourth-order valence-corrected chi connectivity index (χ4v) is 1.60. The number of nitrogens with two attached hydrogens (primary N) is 1. The summed E-state index contributed by atoms with van der Waals surface area (Å²) < 4.78 is 0. The van der Waals surface area contributed by atoms with Gasteiger partial charge in [-0.05, 0) is 26.7 Å². The van der Waals surface area contributed by atoms with Crippen LogP contribution in [0.25, 0.3) is 0 Å². The Hall–Kier alpha value is -0.770. The van der Waals surface area contributed by atoms with E-state index in [1.165, 1.54) is 0 Å². The molecule has 16 heavy (non-hydrogen) atoms. The summed E-state index contributed by atoms with van der Waals surface area (Å²) in [5.74, 6) is 0.712. The van der Waals surface area contributed by atoms with Gasteiger partial charge in [0.25, 0.3) is 0 Å². The van der Waals surface area contributed by atoms with Crippen molar-refractivity contribution in [3.63, 3.8) is 0 Å². The third kappa shape index (κ3) is 6.67. The maximum atomic E-state index is 9.87. The minimum Gasteiger partial charge on any atom is -0.391 e. The molecule has 0 heterocycles. The second kappa shape index (κ2) is 6.74. The first kappa shape index (κ1) is 15.2. The summed E-state index contributed by atoms with van der Waals surface area (Å²) >= 11 is 0. The maximum absolute atomic E-state index is 9.87. The number of rotatable bonds is 5. The molecule has 0 bridgehead atoms. The lowest BCUT2D eigenvalue weighted by atomic mass is 9.97. The number of guanidine groups is 1. The smallest absolute Gasteiger partial charge is 0.189 e. The van der Waals surface area contributed by atoms with E-state index in [0.717, 1.165) is 12.8 Å². The quantitative estimate of drug-likeness (QED) is 0.494. The van der Waals surface area contributed by atoms with E-state index in [0.29, 0.717) is 18.4 Å². The van der Waals surface area contributed by atoms with E-state index in [2.05, 4.69) is 24.2 Å². The Bertz CT molecular complexity index is 217. The van der Waals surface area contributed by atoms with Crippen molar-refractivity contribution in [3.8, 4) is 0 Å². The molecule has 0 aliphatic carbocycles. The Morgan fingerprint density at radius 1 is 1.31 bits per heavy atom. The fourth-order valence-electron chi connectivity index (χ4n) is 1.60. The lowest BCUT2D eigenvalue weighted by Gasteiger charge is -2.22. The molecular formula is C12H27N3O. The molecule has 4 N–H and O–H groups in total. The lowest BCUT2D eigenvalue weighted by molar-refractivity contribution is 0.111. The average molecular weight is 229 g/mol. The van der Waals surface area contributed by atoms with E-state index in [-0.39, 0.29) is 5.54 Å². The topological polar surface area (TPSA) is 70.6 Å². The van der Waals surface area contributed by atoms with Crippen LogP contribution >= 0.6 is 0 Å². The standard InChI is InChI=1S/C12H27N3O/c1-6-9(7-2)10(16)8-14-11(13)15-12(3,4)5/h9-10,16H,6-8H2,1-5H3,(H3,13,14,15). The molecule has 0 aromatic carbocycles. The van der Waals surface area contributed by atoms with Crippen LogP contribution in [-0.4, -0.2) is 29.3 Å². The highest BCUT2D eigenvalue weighted by atomic mass is 16.3. The van der Waals surface area contributed by atoms with Crippen LogP contribution < -0.4 is 11.1 Å². The molecule has 0 aliphatic rings. The van der Waals surface area contributed by atoms with Crippen LogP contribution in [0.15, 0.2) is 4.99 Å². The van der Waals surface area contributed by atoms with Gasteiger partial charge in [0.2, 0.25) is 0 Å². The molecule has 4 heteroatoms. The number of nitrogens with one attached hydrogen (secondary N) is 1. The van der Waals surface area contributed by atoms with Gasteiger partial charge >= 0.3 is 0 Å². The molecule has 0 saturated carbocycles. The highest BCUT2D eigenvalue weighted by Crippen LogP contribution is 2.13. The first-order chi connectivity index (χ1) is 7.30. The minimum atomic E-state index is -0.393. The van der Waals surface area contributed by atoms with E-state index in [4.69, 9.17) is 5.73 Å². The van der Waals surface area contributed by atoms with Crippen LogP contribution in [0.2, 0.25) is 0 Å². The Labute approximate surface area is 99.3 Å². The third-order valence-corrected chi connectivity index (χ3v) is 2.54. The number of aliphatic hydroxyl groups excluding tert-OH is 1. The summed E-state index contributed by atoms with van der Waals surface area (Å²) in [7, 11) is 0. The molecule has 96 valence electrons. The van der Waals surface area contributed by atoms with Crippen LogP contribution in [0.3, 0.4) is 0 Å². The minimum absolute atomic E-state index is 0.0898. The number of aliphatic hydroxyl groups is 1. The van der Waals surface area contributed by atoms with Gasteiger partial charge in [-0.2, -0.15) is 0 Å². The zero-order valence-corrected chi connectivity index (χ0v) is 11.2. The second-order valence-electron chi connectivity index (χ2n) is 5.24. The van der Waals surface area contributed by atoms with Crippen LogP contribution in [0.4, 0.5) is 0 Å². The van der Waals surface area contributed by atoms with E-state index >= 15 is 0 Å². The van der Waals surface area contributed by atoms with Gasteiger partial charge in [0.1, 0.15) is 0 Å². The van der Waals surface area contributed by atoms with Crippen molar-refractivity contribution >= 4 is 5.96 Å². The highest BCUT2D eigenvalue weighted by Gasteiger charge is 2.15. The van der Waals surface area contributed by atoms with Gasteiger partial charge in [-0.15, -0.1) is 0 Å². The van der Waals surface area contributed by atoms with E-state index in [1.807, 2.05) is 20.8 Å². The summed E-state index contributed by atoms with van der Waals surface area (Å²) in [5, 5.41) is 12.9. The molecule has 4 nitrogen and oxygen atoms in total. The summed E-state index contributed by atoms with van der Waals surface area (Å²) in [6.07, 6.45) is 1.55. The van der Waals surface area contributed by atoms with Crippen molar-refractivity contribution < 1.29 is 5.11 Å². The van der Waals surface area contributed by atoms with Crippen molar-refractivity contribution in [2.24, 2.45) is 16.6 Å².